The molecule has 1 aromatic carbocycles. The van der Waals surface area contributed by atoms with Crippen molar-refractivity contribution in [2.24, 2.45) is 0 Å². The third-order valence-corrected chi connectivity index (χ3v) is 5.71. The number of benzene rings is 1. The molecular weight excluding hydrogens is 366 g/mol. The molecule has 5 nitrogen and oxygen atoms in total. The third kappa shape index (κ3) is 3.79. The summed E-state index contributed by atoms with van der Waals surface area (Å²) in [6.07, 6.45) is 2.13. The number of aryl methyl sites for hydroxylation is 1. The van der Waals surface area contributed by atoms with E-state index in [2.05, 4.69) is 10.2 Å². The van der Waals surface area contributed by atoms with Crippen LogP contribution in [0.5, 0.6) is 0 Å². The van der Waals surface area contributed by atoms with Gasteiger partial charge >= 0.3 is 0 Å². The summed E-state index contributed by atoms with van der Waals surface area (Å²) in [5, 5.41) is 8.74. The number of hydrogen-bond donors (Lipinski definition) is 0. The fraction of sp³-hybridized carbons (Fsp3) is 0.375. The summed E-state index contributed by atoms with van der Waals surface area (Å²) in [6, 6.07) is 7.23. The molecule has 1 unspecified atom stereocenters. The number of hydrogen-bond acceptors (Lipinski definition) is 6. The summed E-state index contributed by atoms with van der Waals surface area (Å²) in [5.74, 6) is 1.13. The number of nitrogens with zero attached hydrogens (tertiary/aromatic N) is 3. The van der Waals surface area contributed by atoms with Gasteiger partial charge in [-0.2, -0.15) is 0 Å². The molecule has 0 saturated carbocycles. The predicted octanol–water partition coefficient (Wildman–Crippen LogP) is 3.96. The van der Waals surface area contributed by atoms with Gasteiger partial charge in [-0.15, -0.1) is 10.2 Å². The molecule has 24 heavy (non-hydrogen) atoms. The highest BCUT2D eigenvalue weighted by molar-refractivity contribution is 8.24. The van der Waals surface area contributed by atoms with Crippen LogP contribution in [0.25, 0.3) is 11.5 Å². The molecule has 1 aliphatic rings. The van der Waals surface area contributed by atoms with Crippen LogP contribution in [0.1, 0.15) is 25.7 Å². The second kappa shape index (κ2) is 7.63. The van der Waals surface area contributed by atoms with E-state index in [-0.39, 0.29) is 11.2 Å². The van der Waals surface area contributed by atoms with Crippen molar-refractivity contribution in [2.75, 3.05) is 6.54 Å². The molecule has 2 heterocycles. The van der Waals surface area contributed by atoms with E-state index in [1.807, 2.05) is 19.1 Å². The summed E-state index contributed by atoms with van der Waals surface area (Å²) in [6.45, 7) is 2.58. The second-order valence-corrected chi connectivity index (χ2v) is 7.65. The molecule has 0 N–H and O–H groups in total. The van der Waals surface area contributed by atoms with Crippen LogP contribution in [-0.4, -0.2) is 37.1 Å². The Bertz CT molecular complexity index is 748. The number of thiocarbonyl (C=S) groups is 1. The van der Waals surface area contributed by atoms with E-state index < -0.39 is 0 Å². The average Bonchev–Trinajstić information content (AvgIpc) is 3.15. The van der Waals surface area contributed by atoms with Gasteiger partial charge in [0.05, 0.1) is 5.25 Å². The zero-order valence-electron chi connectivity index (χ0n) is 13.1. The van der Waals surface area contributed by atoms with Crippen LogP contribution < -0.4 is 0 Å². The fourth-order valence-electron chi connectivity index (χ4n) is 2.41. The average molecular weight is 382 g/mol. The number of rotatable bonds is 6. The van der Waals surface area contributed by atoms with Crippen molar-refractivity contribution >= 4 is 45.8 Å². The Morgan fingerprint density at radius 2 is 2.08 bits per heavy atom. The zero-order chi connectivity index (χ0) is 17.1. The minimum absolute atomic E-state index is 0.0302. The molecule has 1 aliphatic heterocycles. The van der Waals surface area contributed by atoms with Gasteiger partial charge in [0, 0.05) is 23.6 Å². The molecule has 126 valence electrons. The van der Waals surface area contributed by atoms with Crippen LogP contribution in [0.15, 0.2) is 28.7 Å². The van der Waals surface area contributed by atoms with Gasteiger partial charge in [-0.1, -0.05) is 42.5 Å². The minimum Gasteiger partial charge on any atom is -0.421 e. The van der Waals surface area contributed by atoms with Crippen molar-refractivity contribution < 1.29 is 9.21 Å². The number of carbonyl (C=O) groups excluding carboxylic acids is 1. The number of amides is 1. The van der Waals surface area contributed by atoms with Crippen molar-refractivity contribution in [2.45, 2.75) is 31.4 Å². The van der Waals surface area contributed by atoms with Gasteiger partial charge in [-0.05, 0) is 37.1 Å². The first-order valence-corrected chi connectivity index (χ1v) is 9.35. The van der Waals surface area contributed by atoms with Crippen LogP contribution in [0.3, 0.4) is 0 Å². The van der Waals surface area contributed by atoms with Crippen LogP contribution in [0.4, 0.5) is 0 Å². The molecular formula is C16H16ClN3O2S2. The van der Waals surface area contributed by atoms with E-state index >= 15 is 0 Å². The summed E-state index contributed by atoms with van der Waals surface area (Å²) in [4.78, 5) is 13.8. The quantitative estimate of drug-likeness (QED) is 0.706. The maximum absolute atomic E-state index is 12.2. The Kier molecular flexibility index (Phi) is 5.53. The monoisotopic (exact) mass is 381 g/mol. The van der Waals surface area contributed by atoms with E-state index in [4.69, 9.17) is 28.2 Å². The van der Waals surface area contributed by atoms with Gasteiger partial charge in [-0.25, -0.2) is 0 Å². The largest absolute Gasteiger partial charge is 0.421 e. The molecule has 0 aliphatic carbocycles. The smallest absolute Gasteiger partial charge is 0.247 e. The number of thioether (sulfide) groups is 1. The fourth-order valence-corrected chi connectivity index (χ4v) is 4.01. The van der Waals surface area contributed by atoms with Gasteiger partial charge in [0.1, 0.15) is 4.32 Å². The minimum atomic E-state index is -0.0302. The SMILES string of the molecule is CCC1SC(=S)N(CCCc2nnc(-c3ccc(Cl)cc3)o2)C1=O. The Morgan fingerprint density at radius 1 is 1.33 bits per heavy atom. The van der Waals surface area contributed by atoms with Crippen LogP contribution in [-0.2, 0) is 11.2 Å². The first-order chi connectivity index (χ1) is 11.6. The van der Waals surface area contributed by atoms with E-state index in [1.54, 1.807) is 17.0 Å². The number of carbonyl (C=O) groups is 1. The standard InChI is InChI=1S/C16H16ClN3O2S2/c1-2-12-15(21)20(16(23)24-12)9-3-4-13-18-19-14(22-13)10-5-7-11(17)8-6-10/h5-8,12H,2-4,9H2,1H3. The van der Waals surface area contributed by atoms with Crippen LogP contribution in [0.2, 0.25) is 5.02 Å². The number of halogens is 1. The van der Waals surface area contributed by atoms with Crippen molar-refractivity contribution in [1.82, 2.24) is 15.1 Å². The Labute approximate surface area is 154 Å². The first kappa shape index (κ1) is 17.4. The summed E-state index contributed by atoms with van der Waals surface area (Å²) in [5.41, 5.74) is 0.830. The third-order valence-electron chi connectivity index (χ3n) is 3.71. The highest BCUT2D eigenvalue weighted by Crippen LogP contribution is 2.29. The van der Waals surface area contributed by atoms with Crippen molar-refractivity contribution in [3.8, 4) is 11.5 Å². The predicted molar refractivity (Wildman–Crippen MR) is 99.0 cm³/mol. The van der Waals surface area contributed by atoms with Gasteiger partial charge in [0.15, 0.2) is 0 Å². The highest BCUT2D eigenvalue weighted by atomic mass is 35.5. The van der Waals surface area contributed by atoms with E-state index in [1.165, 1.54) is 11.8 Å². The highest BCUT2D eigenvalue weighted by Gasteiger charge is 2.35. The summed E-state index contributed by atoms with van der Waals surface area (Å²) >= 11 is 12.6. The zero-order valence-corrected chi connectivity index (χ0v) is 15.5. The molecule has 1 amide bonds. The maximum Gasteiger partial charge on any atom is 0.247 e. The topological polar surface area (TPSA) is 59.2 Å². The van der Waals surface area contributed by atoms with E-state index in [0.717, 1.165) is 18.4 Å². The van der Waals surface area contributed by atoms with Crippen LogP contribution in [0, 0.1) is 0 Å². The van der Waals surface area contributed by atoms with Gasteiger partial charge < -0.3 is 4.42 Å². The molecule has 3 rings (SSSR count). The van der Waals surface area contributed by atoms with Gasteiger partial charge in [0.2, 0.25) is 17.7 Å². The van der Waals surface area contributed by atoms with Gasteiger partial charge in [-0.3, -0.25) is 9.69 Å². The number of aromatic nitrogens is 2. The van der Waals surface area contributed by atoms with Gasteiger partial charge in [0.25, 0.3) is 0 Å². The van der Waals surface area contributed by atoms with Crippen molar-refractivity contribution in [1.29, 1.82) is 0 Å². The molecule has 0 bridgehead atoms. The molecule has 1 aromatic heterocycles. The lowest BCUT2D eigenvalue weighted by atomic mass is 10.2. The second-order valence-electron chi connectivity index (χ2n) is 5.38. The first-order valence-electron chi connectivity index (χ1n) is 7.68. The van der Waals surface area contributed by atoms with E-state index in [9.17, 15) is 4.79 Å². The molecule has 2 aromatic rings. The molecule has 1 fully saturated rings. The normalized spacial score (nSPS) is 17.8. The molecule has 1 saturated heterocycles. The lowest BCUT2D eigenvalue weighted by Crippen LogP contribution is -2.32. The Morgan fingerprint density at radius 3 is 2.75 bits per heavy atom. The summed E-state index contributed by atoms with van der Waals surface area (Å²) < 4.78 is 6.33. The Hall–Kier alpha value is -1.44. The molecule has 8 heteroatoms. The lowest BCUT2D eigenvalue weighted by Gasteiger charge is -2.14. The maximum atomic E-state index is 12.2. The van der Waals surface area contributed by atoms with E-state index in [0.29, 0.717) is 34.1 Å². The molecule has 0 spiro atoms. The molecule has 1 atom stereocenters. The lowest BCUT2D eigenvalue weighted by molar-refractivity contribution is -0.126. The van der Waals surface area contributed by atoms with Crippen molar-refractivity contribution in [3.63, 3.8) is 0 Å². The summed E-state index contributed by atoms with van der Waals surface area (Å²) in [7, 11) is 0. The Balaban J connectivity index is 1.55. The van der Waals surface area contributed by atoms with Crippen LogP contribution >= 0.6 is 35.6 Å². The molecule has 0 radical (unpaired) electrons. The van der Waals surface area contributed by atoms with Crippen molar-refractivity contribution in [3.05, 3.63) is 35.2 Å².